The molecule has 3 N–H and O–H groups in total. The van der Waals surface area contributed by atoms with Crippen LogP contribution in [0.1, 0.15) is 42.1 Å². The molecule has 2 aromatic heterocycles. The first-order valence-electron chi connectivity index (χ1n) is 10.5. The number of aromatic amines is 1. The van der Waals surface area contributed by atoms with Crippen molar-refractivity contribution in [2.45, 2.75) is 26.2 Å². The summed E-state index contributed by atoms with van der Waals surface area (Å²) >= 11 is 0. The molecular formula is C23H26N6O2. The van der Waals surface area contributed by atoms with Crippen LogP contribution in [0.5, 0.6) is 5.75 Å². The van der Waals surface area contributed by atoms with Gasteiger partial charge in [-0.3, -0.25) is 4.79 Å². The van der Waals surface area contributed by atoms with Gasteiger partial charge in [-0.05, 0) is 44.4 Å². The van der Waals surface area contributed by atoms with E-state index in [4.69, 9.17) is 4.74 Å². The second-order valence-corrected chi connectivity index (χ2v) is 7.52. The number of aromatic nitrogens is 2. The van der Waals surface area contributed by atoms with Crippen LogP contribution in [-0.4, -0.2) is 47.5 Å². The number of ether oxygens (including phenoxy) is 1. The van der Waals surface area contributed by atoms with E-state index in [2.05, 4.69) is 26.7 Å². The Kier molecular flexibility index (Phi) is 5.94. The van der Waals surface area contributed by atoms with Gasteiger partial charge >= 0.3 is 0 Å². The van der Waals surface area contributed by atoms with Gasteiger partial charge in [0.1, 0.15) is 23.3 Å². The van der Waals surface area contributed by atoms with E-state index >= 15 is 0 Å². The van der Waals surface area contributed by atoms with Crippen molar-refractivity contribution < 1.29 is 9.53 Å². The molecule has 160 valence electrons. The summed E-state index contributed by atoms with van der Waals surface area (Å²) in [5.74, 6) is 1.20. The second-order valence-electron chi connectivity index (χ2n) is 7.52. The fourth-order valence-electron chi connectivity index (χ4n) is 3.96. The molecule has 0 spiro atoms. The number of benzene rings is 1. The van der Waals surface area contributed by atoms with E-state index in [0.29, 0.717) is 40.6 Å². The maximum absolute atomic E-state index is 12.8. The van der Waals surface area contributed by atoms with Crippen molar-refractivity contribution in [3.63, 3.8) is 0 Å². The minimum absolute atomic E-state index is 0.0361. The van der Waals surface area contributed by atoms with Crippen LogP contribution in [0, 0.1) is 11.3 Å². The molecule has 0 atom stereocenters. The minimum atomic E-state index is 0.0361. The summed E-state index contributed by atoms with van der Waals surface area (Å²) in [5.41, 5.74) is 3.31. The Balaban J connectivity index is 1.63. The molecule has 8 heteroatoms. The zero-order valence-electron chi connectivity index (χ0n) is 17.8. The SMILES string of the molecule is CCNc1cc(Nc2ccc(C(=O)N3CCCCC3)cc2OC)nc2[nH]cc(C#N)c12. The number of nitriles is 1. The highest BCUT2D eigenvalue weighted by Gasteiger charge is 2.20. The van der Waals surface area contributed by atoms with E-state index in [-0.39, 0.29) is 5.91 Å². The molecular weight excluding hydrogens is 392 g/mol. The number of carbonyl (C=O) groups is 1. The van der Waals surface area contributed by atoms with Gasteiger partial charge < -0.3 is 25.3 Å². The number of fused-ring (bicyclic) bond motifs is 1. The lowest BCUT2D eigenvalue weighted by Crippen LogP contribution is -2.35. The van der Waals surface area contributed by atoms with Gasteiger partial charge in [0.25, 0.3) is 5.91 Å². The number of nitrogens with one attached hydrogen (secondary N) is 3. The number of amides is 1. The summed E-state index contributed by atoms with van der Waals surface area (Å²) in [7, 11) is 1.58. The molecule has 0 radical (unpaired) electrons. The average Bonchev–Trinajstić information content (AvgIpc) is 3.23. The number of pyridine rings is 1. The molecule has 1 saturated heterocycles. The zero-order valence-corrected chi connectivity index (χ0v) is 17.8. The molecule has 3 heterocycles. The fraction of sp³-hybridized carbons (Fsp3) is 0.348. The molecule has 0 aliphatic carbocycles. The van der Waals surface area contributed by atoms with Crippen molar-refractivity contribution >= 4 is 34.1 Å². The number of nitrogens with zero attached hydrogens (tertiary/aromatic N) is 3. The molecule has 3 aromatic rings. The molecule has 8 nitrogen and oxygen atoms in total. The van der Waals surface area contributed by atoms with Crippen LogP contribution in [0.15, 0.2) is 30.5 Å². The van der Waals surface area contributed by atoms with E-state index in [9.17, 15) is 10.1 Å². The summed E-state index contributed by atoms with van der Waals surface area (Å²) in [5, 5.41) is 16.7. The van der Waals surface area contributed by atoms with Crippen molar-refractivity contribution in [3.05, 3.63) is 41.6 Å². The van der Waals surface area contributed by atoms with Crippen LogP contribution in [-0.2, 0) is 0 Å². The van der Waals surface area contributed by atoms with Crippen molar-refractivity contribution in [2.24, 2.45) is 0 Å². The highest BCUT2D eigenvalue weighted by molar-refractivity contribution is 5.97. The number of H-pyrrole nitrogens is 1. The van der Waals surface area contributed by atoms with Gasteiger partial charge in [0, 0.05) is 37.5 Å². The third-order valence-corrected chi connectivity index (χ3v) is 5.48. The predicted octanol–water partition coefficient (Wildman–Crippen LogP) is 4.24. The largest absolute Gasteiger partial charge is 0.495 e. The Labute approximate surface area is 181 Å². The molecule has 1 aliphatic heterocycles. The van der Waals surface area contributed by atoms with E-state index < -0.39 is 0 Å². The zero-order chi connectivity index (χ0) is 21.8. The third-order valence-electron chi connectivity index (χ3n) is 5.48. The molecule has 0 saturated carbocycles. The summed E-state index contributed by atoms with van der Waals surface area (Å²) in [6, 6.07) is 9.48. The number of methoxy groups -OCH3 is 1. The first-order valence-corrected chi connectivity index (χ1v) is 10.5. The number of hydrogen-bond acceptors (Lipinski definition) is 6. The Morgan fingerprint density at radius 3 is 2.77 bits per heavy atom. The topological polar surface area (TPSA) is 106 Å². The summed E-state index contributed by atoms with van der Waals surface area (Å²) < 4.78 is 5.55. The van der Waals surface area contributed by atoms with Crippen LogP contribution < -0.4 is 15.4 Å². The number of rotatable bonds is 6. The highest BCUT2D eigenvalue weighted by atomic mass is 16.5. The van der Waals surface area contributed by atoms with Gasteiger partial charge in [0.15, 0.2) is 0 Å². The van der Waals surface area contributed by atoms with E-state index in [1.807, 2.05) is 30.0 Å². The summed E-state index contributed by atoms with van der Waals surface area (Å²) in [6.45, 7) is 4.32. The lowest BCUT2D eigenvalue weighted by atomic mass is 10.1. The van der Waals surface area contributed by atoms with Gasteiger partial charge in [-0.25, -0.2) is 4.98 Å². The van der Waals surface area contributed by atoms with Crippen molar-refractivity contribution in [1.29, 1.82) is 5.26 Å². The van der Waals surface area contributed by atoms with Crippen molar-refractivity contribution in [2.75, 3.05) is 37.4 Å². The monoisotopic (exact) mass is 418 g/mol. The van der Waals surface area contributed by atoms with E-state index in [1.54, 1.807) is 19.4 Å². The molecule has 1 amide bonds. The maximum Gasteiger partial charge on any atom is 0.253 e. The quantitative estimate of drug-likeness (QED) is 0.553. The number of anilines is 3. The molecule has 1 aliphatic rings. The van der Waals surface area contributed by atoms with Gasteiger partial charge in [-0.1, -0.05) is 0 Å². The molecule has 1 aromatic carbocycles. The minimum Gasteiger partial charge on any atom is -0.495 e. The lowest BCUT2D eigenvalue weighted by Gasteiger charge is -2.27. The Hall–Kier alpha value is -3.73. The first kappa shape index (κ1) is 20.5. The summed E-state index contributed by atoms with van der Waals surface area (Å²) in [4.78, 5) is 22.4. The van der Waals surface area contributed by atoms with Crippen LogP contribution in [0.25, 0.3) is 11.0 Å². The standard InChI is InChI=1S/C23H26N6O2/c1-3-25-18-12-20(28-22-21(18)16(13-24)14-26-22)27-17-8-7-15(11-19(17)31-2)23(30)29-9-5-4-6-10-29/h7-8,11-12,14H,3-6,9-10H2,1-2H3,(H3,25,26,27,28). The third kappa shape index (κ3) is 4.12. The van der Waals surface area contributed by atoms with Crippen molar-refractivity contribution in [3.8, 4) is 11.8 Å². The Bertz CT molecular complexity index is 1140. The molecule has 0 unspecified atom stereocenters. The predicted molar refractivity (Wildman–Crippen MR) is 121 cm³/mol. The van der Waals surface area contributed by atoms with Crippen LogP contribution in [0.3, 0.4) is 0 Å². The first-order chi connectivity index (χ1) is 15.1. The van der Waals surface area contributed by atoms with Gasteiger partial charge in [-0.2, -0.15) is 5.26 Å². The van der Waals surface area contributed by atoms with Crippen LogP contribution in [0.2, 0.25) is 0 Å². The highest BCUT2D eigenvalue weighted by Crippen LogP contribution is 2.33. The fourth-order valence-corrected chi connectivity index (χ4v) is 3.96. The van der Waals surface area contributed by atoms with Crippen LogP contribution in [0.4, 0.5) is 17.2 Å². The second kappa shape index (κ2) is 8.96. The van der Waals surface area contributed by atoms with Crippen LogP contribution >= 0.6 is 0 Å². The van der Waals surface area contributed by atoms with Gasteiger partial charge in [0.2, 0.25) is 0 Å². The Morgan fingerprint density at radius 2 is 2.06 bits per heavy atom. The molecule has 1 fully saturated rings. The van der Waals surface area contributed by atoms with E-state index in [1.165, 1.54) is 6.42 Å². The number of piperidine rings is 1. The normalized spacial score (nSPS) is 13.6. The van der Waals surface area contributed by atoms with Crippen molar-refractivity contribution in [1.82, 2.24) is 14.9 Å². The van der Waals surface area contributed by atoms with E-state index in [0.717, 1.165) is 37.0 Å². The number of likely N-dealkylation sites (tertiary alicyclic amines) is 1. The van der Waals surface area contributed by atoms with Gasteiger partial charge in [0.05, 0.1) is 29.4 Å². The molecule has 4 rings (SSSR count). The Morgan fingerprint density at radius 1 is 1.26 bits per heavy atom. The lowest BCUT2D eigenvalue weighted by molar-refractivity contribution is 0.0724. The molecule has 0 bridgehead atoms. The van der Waals surface area contributed by atoms with Gasteiger partial charge in [-0.15, -0.1) is 0 Å². The maximum atomic E-state index is 12.8. The smallest absolute Gasteiger partial charge is 0.253 e. The average molecular weight is 419 g/mol. The number of carbonyl (C=O) groups excluding carboxylic acids is 1. The number of hydrogen-bond donors (Lipinski definition) is 3. The molecule has 31 heavy (non-hydrogen) atoms. The summed E-state index contributed by atoms with van der Waals surface area (Å²) in [6.07, 6.45) is 4.94.